The molecule has 1 atom stereocenters. The van der Waals surface area contributed by atoms with Gasteiger partial charge in [-0.3, -0.25) is 4.79 Å². The number of halogens is 1. The first-order valence-electron chi connectivity index (χ1n) is 8.03. The molecule has 0 aliphatic rings. The summed E-state index contributed by atoms with van der Waals surface area (Å²) in [6, 6.07) is 5.50. The van der Waals surface area contributed by atoms with Crippen molar-refractivity contribution in [3.8, 4) is 0 Å². The molecule has 0 spiro atoms. The molecule has 1 aromatic carbocycles. The average molecular weight is 360 g/mol. The zero-order valence-electron chi connectivity index (χ0n) is 14.5. The third kappa shape index (κ3) is 3.44. The number of furan rings is 1. The molecule has 1 N–H and O–H groups in total. The van der Waals surface area contributed by atoms with Crippen LogP contribution < -0.4 is 5.32 Å². The number of carbonyl (C=O) groups excluding carboxylic acids is 2. The molecule has 3 aromatic rings. The third-order valence-electron chi connectivity index (χ3n) is 3.88. The number of hydrogen-bond donors (Lipinski definition) is 1. The van der Waals surface area contributed by atoms with Crippen molar-refractivity contribution in [3.63, 3.8) is 0 Å². The first kappa shape index (κ1) is 17.7. The minimum atomic E-state index is -1.04. The highest BCUT2D eigenvalue weighted by Crippen LogP contribution is 2.27. The first-order chi connectivity index (χ1) is 12.4. The van der Waals surface area contributed by atoms with Gasteiger partial charge in [0.05, 0.1) is 0 Å². The molecule has 0 aliphatic carbocycles. The lowest BCUT2D eigenvalue weighted by atomic mass is 10.1. The maximum atomic E-state index is 13.4. The summed E-state index contributed by atoms with van der Waals surface area (Å²) in [6.45, 7) is 5.01. The van der Waals surface area contributed by atoms with E-state index in [1.807, 2.05) is 0 Å². The second kappa shape index (κ2) is 6.99. The fraction of sp³-hybridized carbons (Fsp3) is 0.278. The van der Waals surface area contributed by atoms with Gasteiger partial charge in [-0.2, -0.15) is 0 Å². The molecule has 0 radical (unpaired) electrons. The van der Waals surface area contributed by atoms with Gasteiger partial charge in [0, 0.05) is 17.0 Å². The van der Waals surface area contributed by atoms with E-state index < -0.39 is 23.8 Å². The molecule has 8 heteroatoms. The Bertz CT molecular complexity index is 975. The molecular formula is C18H17FN2O5. The van der Waals surface area contributed by atoms with Crippen molar-refractivity contribution in [2.24, 2.45) is 0 Å². The van der Waals surface area contributed by atoms with Crippen LogP contribution >= 0.6 is 0 Å². The maximum absolute atomic E-state index is 13.4. The van der Waals surface area contributed by atoms with Crippen LogP contribution in [0, 0.1) is 19.7 Å². The van der Waals surface area contributed by atoms with Gasteiger partial charge >= 0.3 is 5.97 Å². The van der Waals surface area contributed by atoms with E-state index in [-0.39, 0.29) is 18.0 Å². The number of nitrogens with zero attached hydrogens (tertiary/aromatic N) is 1. The Labute approximate surface area is 148 Å². The Hall–Kier alpha value is -3.16. The molecule has 0 unspecified atom stereocenters. The first-order valence-corrected chi connectivity index (χ1v) is 8.03. The third-order valence-corrected chi connectivity index (χ3v) is 3.88. The van der Waals surface area contributed by atoms with E-state index in [1.54, 1.807) is 26.8 Å². The lowest BCUT2D eigenvalue weighted by molar-refractivity contribution is -0.124. The number of aromatic nitrogens is 1. The average Bonchev–Trinajstić information content (AvgIpc) is 3.16. The number of aryl methyl sites for hydroxylation is 2. The van der Waals surface area contributed by atoms with Crippen LogP contribution in [0.3, 0.4) is 0 Å². The predicted molar refractivity (Wildman–Crippen MR) is 90.3 cm³/mol. The van der Waals surface area contributed by atoms with Gasteiger partial charge in [0.1, 0.15) is 17.2 Å². The number of amides is 1. The fourth-order valence-electron chi connectivity index (χ4n) is 2.52. The van der Waals surface area contributed by atoms with Crippen LogP contribution in [-0.4, -0.2) is 23.1 Å². The van der Waals surface area contributed by atoms with E-state index in [1.165, 1.54) is 18.2 Å². The summed E-state index contributed by atoms with van der Waals surface area (Å²) < 4.78 is 29.0. The lowest BCUT2D eigenvalue weighted by Crippen LogP contribution is -2.32. The number of carbonyl (C=O) groups is 2. The molecule has 2 aromatic heterocycles. The van der Waals surface area contributed by atoms with Crippen molar-refractivity contribution in [1.29, 1.82) is 0 Å². The number of esters is 1. The SMILES string of the molecule is CC[C@H](OC(=O)c1oc2ccc(F)cc2c1C)C(=O)Nc1cc(C)on1. The van der Waals surface area contributed by atoms with Crippen molar-refractivity contribution in [3.05, 3.63) is 47.2 Å². The van der Waals surface area contributed by atoms with Crippen LogP contribution in [0.2, 0.25) is 0 Å². The number of ether oxygens (including phenoxy) is 1. The van der Waals surface area contributed by atoms with Crippen LogP contribution in [-0.2, 0) is 9.53 Å². The smallest absolute Gasteiger partial charge is 0.375 e. The highest BCUT2D eigenvalue weighted by molar-refractivity contribution is 5.99. The Kier molecular flexibility index (Phi) is 4.75. The molecule has 1 amide bonds. The summed E-state index contributed by atoms with van der Waals surface area (Å²) in [5.41, 5.74) is 0.818. The van der Waals surface area contributed by atoms with Crippen LogP contribution in [0.4, 0.5) is 10.2 Å². The van der Waals surface area contributed by atoms with E-state index in [2.05, 4.69) is 10.5 Å². The number of hydrogen-bond acceptors (Lipinski definition) is 6. The Morgan fingerprint density at radius 1 is 1.31 bits per heavy atom. The number of nitrogens with one attached hydrogen (secondary N) is 1. The minimum Gasteiger partial charge on any atom is -0.449 e. The van der Waals surface area contributed by atoms with Crippen LogP contribution in [0.5, 0.6) is 0 Å². The molecule has 0 aliphatic heterocycles. The topological polar surface area (TPSA) is 94.6 Å². The summed E-state index contributed by atoms with van der Waals surface area (Å²) in [5.74, 6) is -1.05. The van der Waals surface area contributed by atoms with Crippen LogP contribution in [0.25, 0.3) is 11.0 Å². The van der Waals surface area contributed by atoms with E-state index in [4.69, 9.17) is 13.7 Å². The van der Waals surface area contributed by atoms with Gasteiger partial charge in [-0.15, -0.1) is 0 Å². The van der Waals surface area contributed by atoms with Gasteiger partial charge in [0.25, 0.3) is 5.91 Å². The second-order valence-corrected chi connectivity index (χ2v) is 5.81. The second-order valence-electron chi connectivity index (χ2n) is 5.81. The maximum Gasteiger partial charge on any atom is 0.375 e. The minimum absolute atomic E-state index is 0.0610. The quantitative estimate of drug-likeness (QED) is 0.696. The van der Waals surface area contributed by atoms with Gasteiger partial charge < -0.3 is 19.0 Å². The fourth-order valence-corrected chi connectivity index (χ4v) is 2.52. The summed E-state index contributed by atoms with van der Waals surface area (Å²) in [7, 11) is 0. The van der Waals surface area contributed by atoms with E-state index in [0.717, 1.165) is 0 Å². The molecule has 0 bridgehead atoms. The Morgan fingerprint density at radius 2 is 2.08 bits per heavy atom. The van der Waals surface area contributed by atoms with Crippen LogP contribution in [0.1, 0.15) is 35.2 Å². The number of fused-ring (bicyclic) bond motifs is 1. The normalized spacial score (nSPS) is 12.2. The van der Waals surface area contributed by atoms with E-state index in [0.29, 0.717) is 22.3 Å². The van der Waals surface area contributed by atoms with Crippen molar-refractivity contribution in [1.82, 2.24) is 5.16 Å². The molecule has 0 saturated heterocycles. The zero-order valence-corrected chi connectivity index (χ0v) is 14.5. The lowest BCUT2D eigenvalue weighted by Gasteiger charge is -2.14. The largest absolute Gasteiger partial charge is 0.449 e. The van der Waals surface area contributed by atoms with Crippen LogP contribution in [0.15, 0.2) is 33.2 Å². The van der Waals surface area contributed by atoms with Gasteiger partial charge in [0.15, 0.2) is 11.9 Å². The molecule has 136 valence electrons. The predicted octanol–water partition coefficient (Wildman–Crippen LogP) is 3.75. The molecular weight excluding hydrogens is 343 g/mol. The van der Waals surface area contributed by atoms with Gasteiger partial charge in [-0.1, -0.05) is 12.1 Å². The summed E-state index contributed by atoms with van der Waals surface area (Å²) in [5, 5.41) is 6.66. The zero-order chi connectivity index (χ0) is 18.8. The van der Waals surface area contributed by atoms with Gasteiger partial charge in [-0.25, -0.2) is 9.18 Å². The van der Waals surface area contributed by atoms with Gasteiger partial charge in [-0.05, 0) is 38.5 Å². The molecule has 0 fully saturated rings. The highest BCUT2D eigenvalue weighted by atomic mass is 19.1. The van der Waals surface area contributed by atoms with Crippen molar-refractivity contribution < 1.29 is 27.7 Å². The number of benzene rings is 1. The highest BCUT2D eigenvalue weighted by Gasteiger charge is 2.26. The molecule has 7 nitrogen and oxygen atoms in total. The van der Waals surface area contributed by atoms with E-state index >= 15 is 0 Å². The Morgan fingerprint density at radius 3 is 2.73 bits per heavy atom. The van der Waals surface area contributed by atoms with Gasteiger partial charge in [0.2, 0.25) is 5.76 Å². The molecule has 26 heavy (non-hydrogen) atoms. The summed E-state index contributed by atoms with van der Waals surface area (Å²) in [6.07, 6.45) is -0.786. The number of anilines is 1. The number of rotatable bonds is 5. The van der Waals surface area contributed by atoms with Crippen molar-refractivity contribution in [2.45, 2.75) is 33.3 Å². The Balaban J connectivity index is 1.77. The standard InChI is InChI=1S/C18H17FN2O5/c1-4-13(17(22)20-15-7-9(2)26-21-15)25-18(23)16-10(3)12-8-11(19)5-6-14(12)24-16/h5-8,13H,4H2,1-3H3,(H,20,21,22)/t13-/m0/s1. The molecule has 0 saturated carbocycles. The molecule has 3 rings (SSSR count). The summed E-state index contributed by atoms with van der Waals surface area (Å²) >= 11 is 0. The summed E-state index contributed by atoms with van der Waals surface area (Å²) in [4.78, 5) is 24.7. The van der Waals surface area contributed by atoms with E-state index in [9.17, 15) is 14.0 Å². The molecule has 2 heterocycles. The van der Waals surface area contributed by atoms with Crippen molar-refractivity contribution >= 4 is 28.7 Å². The monoisotopic (exact) mass is 360 g/mol. The van der Waals surface area contributed by atoms with Crippen molar-refractivity contribution in [2.75, 3.05) is 5.32 Å².